The quantitative estimate of drug-likeness (QED) is 0.748. The number of rotatable bonds is 4. The number of hydrogen-bond acceptors (Lipinski definition) is 3. The van der Waals surface area contributed by atoms with Gasteiger partial charge in [0.15, 0.2) is 0 Å². The Morgan fingerprint density at radius 1 is 1.00 bits per heavy atom. The predicted molar refractivity (Wildman–Crippen MR) is 89.0 cm³/mol. The SMILES string of the molecule is C=CC(=O)N(C)C1CC(C)(C)N(N(C)C(=O)C=C)C(C)(C)C1. The second kappa shape index (κ2) is 6.24. The summed E-state index contributed by atoms with van der Waals surface area (Å²) in [5.74, 6) is -0.198. The zero-order chi connectivity index (χ0) is 17.3. The van der Waals surface area contributed by atoms with Gasteiger partial charge in [-0.2, -0.15) is 0 Å². The molecule has 0 radical (unpaired) electrons. The van der Waals surface area contributed by atoms with E-state index in [1.54, 1.807) is 17.0 Å². The third kappa shape index (κ3) is 3.40. The van der Waals surface area contributed by atoms with Gasteiger partial charge in [0, 0.05) is 31.2 Å². The lowest BCUT2D eigenvalue weighted by Gasteiger charge is -2.58. The highest BCUT2D eigenvalue weighted by atomic mass is 16.2. The molecular formula is C17H29N3O2. The van der Waals surface area contributed by atoms with Crippen LogP contribution in [0.4, 0.5) is 0 Å². The number of nitrogens with zero attached hydrogens (tertiary/aromatic N) is 3. The lowest BCUT2D eigenvalue weighted by atomic mass is 9.77. The molecule has 5 heteroatoms. The Hall–Kier alpha value is -1.62. The molecule has 5 nitrogen and oxygen atoms in total. The van der Waals surface area contributed by atoms with Crippen LogP contribution in [0, 0.1) is 0 Å². The fourth-order valence-corrected chi connectivity index (χ4v) is 3.86. The van der Waals surface area contributed by atoms with Crippen molar-refractivity contribution in [1.29, 1.82) is 0 Å². The first-order chi connectivity index (χ1) is 9.97. The largest absolute Gasteiger partial charge is 0.339 e. The monoisotopic (exact) mass is 307 g/mol. The molecule has 0 aromatic rings. The maximum absolute atomic E-state index is 12.0. The summed E-state index contributed by atoms with van der Waals surface area (Å²) in [6.45, 7) is 15.5. The first-order valence-corrected chi connectivity index (χ1v) is 7.57. The van der Waals surface area contributed by atoms with E-state index in [9.17, 15) is 9.59 Å². The highest BCUT2D eigenvalue weighted by Crippen LogP contribution is 2.40. The summed E-state index contributed by atoms with van der Waals surface area (Å²) in [4.78, 5) is 25.7. The molecule has 22 heavy (non-hydrogen) atoms. The Balaban J connectivity index is 3.13. The van der Waals surface area contributed by atoms with Crippen LogP contribution in [0.3, 0.4) is 0 Å². The van der Waals surface area contributed by atoms with Crippen LogP contribution in [-0.4, -0.2) is 57.9 Å². The number of hydrogen-bond donors (Lipinski definition) is 0. The number of carbonyl (C=O) groups excluding carboxylic acids is 2. The molecule has 0 N–H and O–H groups in total. The molecule has 0 aliphatic carbocycles. The average Bonchev–Trinajstić information content (AvgIpc) is 2.41. The molecule has 1 saturated heterocycles. The fourth-order valence-electron chi connectivity index (χ4n) is 3.86. The van der Waals surface area contributed by atoms with Crippen molar-refractivity contribution in [3.05, 3.63) is 25.3 Å². The molecule has 1 rings (SSSR count). The van der Waals surface area contributed by atoms with E-state index < -0.39 is 0 Å². The summed E-state index contributed by atoms with van der Waals surface area (Å²) in [6, 6.07) is 0.110. The molecule has 0 spiro atoms. The summed E-state index contributed by atoms with van der Waals surface area (Å²) in [5.41, 5.74) is -0.537. The van der Waals surface area contributed by atoms with Crippen LogP contribution in [0.25, 0.3) is 0 Å². The molecule has 1 aliphatic rings. The van der Waals surface area contributed by atoms with Gasteiger partial charge in [-0.05, 0) is 52.7 Å². The van der Waals surface area contributed by atoms with Crippen LogP contribution in [0.1, 0.15) is 40.5 Å². The minimum atomic E-state index is -0.268. The third-order valence-electron chi connectivity index (χ3n) is 4.48. The van der Waals surface area contributed by atoms with E-state index in [4.69, 9.17) is 0 Å². The zero-order valence-corrected chi connectivity index (χ0v) is 14.7. The first kappa shape index (κ1) is 18.4. The van der Waals surface area contributed by atoms with Gasteiger partial charge in [0.05, 0.1) is 0 Å². The van der Waals surface area contributed by atoms with Crippen molar-refractivity contribution in [1.82, 2.24) is 14.9 Å². The van der Waals surface area contributed by atoms with Crippen molar-refractivity contribution in [2.45, 2.75) is 57.7 Å². The minimum absolute atomic E-state index is 0.0689. The molecule has 1 fully saturated rings. The van der Waals surface area contributed by atoms with E-state index >= 15 is 0 Å². The molecule has 0 atom stereocenters. The lowest BCUT2D eigenvalue weighted by Crippen LogP contribution is -2.69. The molecule has 0 bridgehead atoms. The van der Waals surface area contributed by atoms with Crippen LogP contribution < -0.4 is 0 Å². The van der Waals surface area contributed by atoms with Crippen molar-refractivity contribution >= 4 is 11.8 Å². The standard InChI is InChI=1S/C17H29N3O2/c1-9-14(21)18(7)13-11-16(3,4)20(17(5,6)12-13)19(8)15(22)10-2/h9-10,13H,1-2,11-12H2,3-8H3. The van der Waals surface area contributed by atoms with Crippen LogP contribution in [0.2, 0.25) is 0 Å². The Kier molecular flexibility index (Phi) is 5.23. The number of likely N-dealkylation sites (N-methyl/N-ethyl adjacent to an activating group) is 2. The topological polar surface area (TPSA) is 43.9 Å². The Bertz CT molecular complexity index is 464. The molecule has 0 aromatic carbocycles. The van der Waals surface area contributed by atoms with Crippen molar-refractivity contribution in [2.75, 3.05) is 14.1 Å². The number of carbonyl (C=O) groups is 2. The van der Waals surface area contributed by atoms with Crippen LogP contribution >= 0.6 is 0 Å². The van der Waals surface area contributed by atoms with Crippen molar-refractivity contribution in [3.8, 4) is 0 Å². The molecule has 2 amide bonds. The minimum Gasteiger partial charge on any atom is -0.339 e. The molecular weight excluding hydrogens is 278 g/mol. The predicted octanol–water partition coefficient (Wildman–Crippen LogP) is 2.21. The Morgan fingerprint density at radius 2 is 1.41 bits per heavy atom. The third-order valence-corrected chi connectivity index (χ3v) is 4.48. The normalized spacial score (nSPS) is 21.0. The van der Waals surface area contributed by atoms with E-state index in [2.05, 4.69) is 45.9 Å². The van der Waals surface area contributed by atoms with Crippen molar-refractivity contribution in [2.24, 2.45) is 0 Å². The van der Waals surface area contributed by atoms with E-state index in [1.807, 2.05) is 7.05 Å². The summed E-state index contributed by atoms with van der Waals surface area (Å²) >= 11 is 0. The van der Waals surface area contributed by atoms with Gasteiger partial charge < -0.3 is 4.90 Å². The maximum Gasteiger partial charge on any atom is 0.260 e. The molecule has 124 valence electrons. The van der Waals surface area contributed by atoms with Gasteiger partial charge in [0.1, 0.15) is 0 Å². The zero-order valence-electron chi connectivity index (χ0n) is 14.7. The van der Waals surface area contributed by atoms with Gasteiger partial charge in [0.2, 0.25) is 5.91 Å². The maximum atomic E-state index is 12.0. The van der Waals surface area contributed by atoms with E-state index in [0.717, 1.165) is 12.8 Å². The highest BCUT2D eigenvalue weighted by Gasteiger charge is 2.49. The molecule has 1 heterocycles. The van der Waals surface area contributed by atoms with Crippen LogP contribution in [-0.2, 0) is 9.59 Å². The summed E-state index contributed by atoms with van der Waals surface area (Å²) in [7, 11) is 3.58. The summed E-state index contributed by atoms with van der Waals surface area (Å²) < 4.78 is 0. The summed E-state index contributed by atoms with van der Waals surface area (Å²) in [6.07, 6.45) is 4.23. The van der Waals surface area contributed by atoms with E-state index in [-0.39, 0.29) is 28.9 Å². The van der Waals surface area contributed by atoms with Crippen molar-refractivity contribution < 1.29 is 9.59 Å². The van der Waals surface area contributed by atoms with Gasteiger partial charge in [-0.1, -0.05) is 13.2 Å². The first-order valence-electron chi connectivity index (χ1n) is 7.57. The van der Waals surface area contributed by atoms with Gasteiger partial charge in [0.25, 0.3) is 5.91 Å². The number of hydrazine groups is 1. The van der Waals surface area contributed by atoms with E-state index in [0.29, 0.717) is 0 Å². The van der Waals surface area contributed by atoms with Crippen LogP contribution in [0.5, 0.6) is 0 Å². The Morgan fingerprint density at radius 3 is 1.77 bits per heavy atom. The van der Waals surface area contributed by atoms with Gasteiger partial charge in [-0.25, -0.2) is 5.01 Å². The van der Waals surface area contributed by atoms with Crippen molar-refractivity contribution in [3.63, 3.8) is 0 Å². The molecule has 0 aromatic heterocycles. The van der Waals surface area contributed by atoms with Crippen LogP contribution in [0.15, 0.2) is 25.3 Å². The number of piperidine rings is 1. The second-order valence-corrected chi connectivity index (χ2v) is 7.22. The second-order valence-electron chi connectivity index (χ2n) is 7.22. The molecule has 0 saturated carbocycles. The van der Waals surface area contributed by atoms with Gasteiger partial charge in [-0.15, -0.1) is 0 Å². The molecule has 0 unspecified atom stereocenters. The fraction of sp³-hybridized carbons (Fsp3) is 0.647. The van der Waals surface area contributed by atoms with E-state index in [1.165, 1.54) is 12.2 Å². The lowest BCUT2D eigenvalue weighted by molar-refractivity contribution is -0.192. The average molecular weight is 307 g/mol. The van der Waals surface area contributed by atoms with Gasteiger partial charge >= 0.3 is 0 Å². The summed E-state index contributed by atoms with van der Waals surface area (Å²) in [5, 5.41) is 3.74. The Labute approximate surface area is 134 Å². The molecule has 1 aliphatic heterocycles. The smallest absolute Gasteiger partial charge is 0.260 e. The highest BCUT2D eigenvalue weighted by molar-refractivity contribution is 5.87. The number of amides is 2. The van der Waals surface area contributed by atoms with Gasteiger partial charge in [-0.3, -0.25) is 14.6 Å².